The van der Waals surface area contributed by atoms with Crippen LogP contribution in [0.5, 0.6) is 11.5 Å². The van der Waals surface area contributed by atoms with E-state index in [1.807, 2.05) is 72.8 Å². The molecule has 0 unspecified atom stereocenters. The Hall–Kier alpha value is -3.65. The molecule has 8 heteroatoms. The number of rotatable bonds is 9. The molecule has 32 heavy (non-hydrogen) atoms. The molecule has 0 aliphatic carbocycles. The van der Waals surface area contributed by atoms with Gasteiger partial charge in [0, 0.05) is 15.6 Å². The minimum Gasteiger partial charge on any atom is -0.493 e. The van der Waals surface area contributed by atoms with Gasteiger partial charge in [-0.3, -0.25) is 0 Å². The molecule has 0 aliphatic rings. The molecule has 0 aliphatic heterocycles. The van der Waals surface area contributed by atoms with Crippen molar-refractivity contribution in [1.29, 1.82) is 0 Å². The summed E-state index contributed by atoms with van der Waals surface area (Å²) in [5.41, 5.74) is 2.71. The van der Waals surface area contributed by atoms with E-state index >= 15 is 0 Å². The van der Waals surface area contributed by atoms with E-state index in [-0.39, 0.29) is 6.61 Å². The van der Waals surface area contributed by atoms with E-state index in [9.17, 15) is 0 Å². The SMILES string of the molecule is COc1cc(/C=N/OCc2nnc(-c3ccc(Br)cc3)o2)ccc1OCc1ccccc1. The maximum Gasteiger partial charge on any atom is 0.257 e. The van der Waals surface area contributed by atoms with Gasteiger partial charge in [-0.15, -0.1) is 10.2 Å². The lowest BCUT2D eigenvalue weighted by Gasteiger charge is -2.11. The van der Waals surface area contributed by atoms with Crippen LogP contribution in [0.2, 0.25) is 0 Å². The zero-order valence-electron chi connectivity index (χ0n) is 17.3. The summed E-state index contributed by atoms with van der Waals surface area (Å²) in [6.07, 6.45) is 1.58. The Morgan fingerprint density at radius 2 is 1.75 bits per heavy atom. The molecule has 7 nitrogen and oxygen atoms in total. The smallest absolute Gasteiger partial charge is 0.257 e. The average molecular weight is 494 g/mol. The van der Waals surface area contributed by atoms with Gasteiger partial charge < -0.3 is 18.7 Å². The summed E-state index contributed by atoms with van der Waals surface area (Å²) in [7, 11) is 1.60. The first-order chi connectivity index (χ1) is 15.7. The second-order valence-electron chi connectivity index (χ2n) is 6.70. The summed E-state index contributed by atoms with van der Waals surface area (Å²) in [6.45, 7) is 0.523. The van der Waals surface area contributed by atoms with Gasteiger partial charge in [0.2, 0.25) is 5.89 Å². The maximum atomic E-state index is 5.87. The highest BCUT2D eigenvalue weighted by molar-refractivity contribution is 9.10. The Kier molecular flexibility index (Phi) is 7.14. The van der Waals surface area contributed by atoms with Gasteiger partial charge in [-0.05, 0) is 48.0 Å². The fourth-order valence-corrected chi connectivity index (χ4v) is 3.10. The van der Waals surface area contributed by atoms with Crippen LogP contribution in [0.3, 0.4) is 0 Å². The van der Waals surface area contributed by atoms with Gasteiger partial charge in [0.15, 0.2) is 18.1 Å². The molecule has 0 saturated carbocycles. The van der Waals surface area contributed by atoms with Crippen LogP contribution in [0, 0.1) is 0 Å². The van der Waals surface area contributed by atoms with Gasteiger partial charge in [0.25, 0.3) is 5.89 Å². The van der Waals surface area contributed by atoms with Gasteiger partial charge in [0.1, 0.15) is 6.61 Å². The van der Waals surface area contributed by atoms with E-state index < -0.39 is 0 Å². The quantitative estimate of drug-likeness (QED) is 0.222. The molecule has 0 bridgehead atoms. The number of nitrogens with zero attached hydrogens (tertiary/aromatic N) is 3. The lowest BCUT2D eigenvalue weighted by molar-refractivity contribution is 0.112. The van der Waals surface area contributed by atoms with Crippen molar-refractivity contribution in [2.45, 2.75) is 13.2 Å². The van der Waals surface area contributed by atoms with Crippen molar-refractivity contribution in [3.63, 3.8) is 0 Å². The Balaban J connectivity index is 1.32. The van der Waals surface area contributed by atoms with E-state index in [0.29, 0.717) is 29.9 Å². The Labute approximate surface area is 193 Å². The molecule has 0 radical (unpaired) electrons. The largest absolute Gasteiger partial charge is 0.493 e. The van der Waals surface area contributed by atoms with Crippen molar-refractivity contribution in [3.05, 3.63) is 94.3 Å². The molecule has 1 aromatic heterocycles. The summed E-state index contributed by atoms with van der Waals surface area (Å²) < 4.78 is 17.9. The first-order valence-electron chi connectivity index (χ1n) is 9.79. The van der Waals surface area contributed by atoms with Crippen LogP contribution in [0.25, 0.3) is 11.5 Å². The molecular formula is C24H20BrN3O4. The fourth-order valence-electron chi connectivity index (χ4n) is 2.83. The summed E-state index contributed by atoms with van der Waals surface area (Å²) in [4.78, 5) is 5.29. The molecule has 0 fully saturated rings. The van der Waals surface area contributed by atoms with Gasteiger partial charge in [-0.2, -0.15) is 0 Å². The molecule has 1 heterocycles. The lowest BCUT2D eigenvalue weighted by Crippen LogP contribution is -1.98. The Morgan fingerprint density at radius 1 is 0.938 bits per heavy atom. The summed E-state index contributed by atoms with van der Waals surface area (Å²) in [6, 6.07) is 23.1. The topological polar surface area (TPSA) is 79.0 Å². The summed E-state index contributed by atoms with van der Waals surface area (Å²) in [5, 5.41) is 12.0. The van der Waals surface area contributed by atoms with Crippen molar-refractivity contribution in [3.8, 4) is 23.0 Å². The third-order valence-electron chi connectivity index (χ3n) is 4.45. The number of methoxy groups -OCH3 is 1. The molecule has 0 atom stereocenters. The minimum atomic E-state index is 0.0649. The molecular weight excluding hydrogens is 474 g/mol. The molecule has 3 aromatic carbocycles. The van der Waals surface area contributed by atoms with Gasteiger partial charge in [-0.25, -0.2) is 0 Å². The zero-order valence-corrected chi connectivity index (χ0v) is 18.9. The van der Waals surface area contributed by atoms with E-state index in [1.54, 1.807) is 13.3 Å². The van der Waals surface area contributed by atoms with Crippen molar-refractivity contribution < 1.29 is 18.7 Å². The predicted octanol–water partition coefficient (Wildman–Crippen LogP) is 5.64. The van der Waals surface area contributed by atoms with Crippen LogP contribution in [0.1, 0.15) is 17.0 Å². The number of benzene rings is 3. The first-order valence-corrected chi connectivity index (χ1v) is 10.6. The number of oxime groups is 1. The first kappa shape index (κ1) is 21.6. The second kappa shape index (κ2) is 10.6. The van der Waals surface area contributed by atoms with E-state index in [0.717, 1.165) is 21.2 Å². The maximum absolute atomic E-state index is 5.87. The average Bonchev–Trinajstić information content (AvgIpc) is 3.31. The molecule has 0 saturated heterocycles. The Bertz CT molecular complexity index is 1180. The van der Waals surface area contributed by atoms with Crippen LogP contribution in [0.4, 0.5) is 0 Å². The number of hydrogen-bond donors (Lipinski definition) is 0. The summed E-state index contributed by atoms with van der Waals surface area (Å²) in [5.74, 6) is 2.03. The van der Waals surface area contributed by atoms with E-state index in [4.69, 9.17) is 18.7 Å². The number of hydrogen-bond acceptors (Lipinski definition) is 7. The fraction of sp³-hybridized carbons (Fsp3) is 0.125. The van der Waals surface area contributed by atoms with Gasteiger partial charge in [0.05, 0.1) is 13.3 Å². The van der Waals surface area contributed by atoms with Crippen molar-refractivity contribution in [1.82, 2.24) is 10.2 Å². The van der Waals surface area contributed by atoms with Crippen molar-refractivity contribution >= 4 is 22.1 Å². The Morgan fingerprint density at radius 3 is 2.53 bits per heavy atom. The van der Waals surface area contributed by atoms with Crippen molar-refractivity contribution in [2.24, 2.45) is 5.16 Å². The highest BCUT2D eigenvalue weighted by Gasteiger charge is 2.09. The molecule has 0 amide bonds. The van der Waals surface area contributed by atoms with Crippen LogP contribution < -0.4 is 9.47 Å². The highest BCUT2D eigenvalue weighted by Crippen LogP contribution is 2.28. The molecule has 0 N–H and O–H groups in total. The predicted molar refractivity (Wildman–Crippen MR) is 124 cm³/mol. The van der Waals surface area contributed by atoms with Crippen LogP contribution in [-0.2, 0) is 18.1 Å². The third-order valence-corrected chi connectivity index (χ3v) is 4.98. The van der Waals surface area contributed by atoms with E-state index in [1.165, 1.54) is 0 Å². The standard InChI is InChI=1S/C24H20BrN3O4/c1-29-22-13-18(7-12-21(22)30-15-17-5-3-2-4-6-17)14-26-31-16-23-27-28-24(32-23)19-8-10-20(25)11-9-19/h2-14H,15-16H2,1H3/b26-14+. The number of ether oxygens (including phenoxy) is 2. The van der Waals surface area contributed by atoms with Gasteiger partial charge >= 0.3 is 0 Å². The van der Waals surface area contributed by atoms with Crippen LogP contribution >= 0.6 is 15.9 Å². The van der Waals surface area contributed by atoms with Crippen LogP contribution in [0.15, 0.2) is 86.8 Å². The molecule has 4 rings (SSSR count). The molecule has 0 spiro atoms. The number of halogens is 1. The zero-order chi connectivity index (χ0) is 22.2. The molecule has 4 aromatic rings. The summed E-state index contributed by atoms with van der Waals surface area (Å²) >= 11 is 3.40. The van der Waals surface area contributed by atoms with Gasteiger partial charge in [-0.1, -0.05) is 51.4 Å². The van der Waals surface area contributed by atoms with E-state index in [2.05, 4.69) is 31.3 Å². The second-order valence-corrected chi connectivity index (χ2v) is 7.62. The lowest BCUT2D eigenvalue weighted by atomic mass is 10.2. The normalized spacial score (nSPS) is 10.9. The number of aromatic nitrogens is 2. The van der Waals surface area contributed by atoms with Crippen LogP contribution in [-0.4, -0.2) is 23.5 Å². The minimum absolute atomic E-state index is 0.0649. The molecule has 162 valence electrons. The van der Waals surface area contributed by atoms with Crippen molar-refractivity contribution in [2.75, 3.05) is 7.11 Å². The third kappa shape index (κ3) is 5.73. The monoisotopic (exact) mass is 493 g/mol. The highest BCUT2D eigenvalue weighted by atomic mass is 79.9.